The maximum Gasteiger partial charge on any atom is 0.325 e. The molecule has 3 amide bonds. The lowest BCUT2D eigenvalue weighted by Gasteiger charge is -2.26. The third-order valence-electron chi connectivity index (χ3n) is 3.62. The van der Waals surface area contributed by atoms with Crippen molar-refractivity contribution in [3.63, 3.8) is 0 Å². The number of hydrogen-bond donors (Lipinski definition) is 0. The van der Waals surface area contributed by atoms with Gasteiger partial charge in [-0.05, 0) is 26.0 Å². The summed E-state index contributed by atoms with van der Waals surface area (Å²) in [6, 6.07) is 5.42. The molecule has 0 bridgehead atoms. The highest BCUT2D eigenvalue weighted by Gasteiger charge is 2.41. The molecule has 23 heavy (non-hydrogen) atoms. The minimum Gasteiger partial charge on any atom is -0.465 e. The van der Waals surface area contributed by atoms with E-state index in [0.717, 1.165) is 9.80 Å². The van der Waals surface area contributed by atoms with Crippen molar-refractivity contribution >= 4 is 23.7 Å². The van der Waals surface area contributed by atoms with Gasteiger partial charge in [0.25, 0.3) is 11.8 Å². The molecule has 0 saturated heterocycles. The van der Waals surface area contributed by atoms with Crippen LogP contribution in [-0.2, 0) is 14.3 Å². The van der Waals surface area contributed by atoms with E-state index in [4.69, 9.17) is 4.74 Å². The number of ether oxygens (including phenoxy) is 1. The standard InChI is InChI=1S/C16H18N2O5/c1-4-23-13(19)9-17(3)14(20)10(2)18-15(21)11-7-5-6-8-12(11)16(18)22/h5-8,10H,4,9H2,1-3H3. The highest BCUT2D eigenvalue weighted by atomic mass is 16.5. The first-order valence-electron chi connectivity index (χ1n) is 7.26. The van der Waals surface area contributed by atoms with E-state index in [1.165, 1.54) is 14.0 Å². The Labute approximate surface area is 133 Å². The first-order chi connectivity index (χ1) is 10.9. The van der Waals surface area contributed by atoms with Crippen molar-refractivity contribution in [3.8, 4) is 0 Å². The minimum atomic E-state index is -0.998. The number of carbonyl (C=O) groups excluding carboxylic acids is 4. The molecule has 1 aliphatic heterocycles. The molecule has 0 aromatic heterocycles. The summed E-state index contributed by atoms with van der Waals surface area (Å²) in [4.78, 5) is 50.6. The zero-order valence-corrected chi connectivity index (χ0v) is 13.2. The largest absolute Gasteiger partial charge is 0.465 e. The van der Waals surface area contributed by atoms with Gasteiger partial charge in [-0.2, -0.15) is 0 Å². The Morgan fingerprint density at radius 2 is 1.70 bits per heavy atom. The number of fused-ring (bicyclic) bond motifs is 1. The van der Waals surface area contributed by atoms with Crippen LogP contribution in [0.25, 0.3) is 0 Å². The van der Waals surface area contributed by atoms with E-state index in [1.807, 2.05) is 0 Å². The molecule has 7 nitrogen and oxygen atoms in total. The molecule has 122 valence electrons. The van der Waals surface area contributed by atoms with Gasteiger partial charge < -0.3 is 9.64 Å². The van der Waals surface area contributed by atoms with E-state index in [9.17, 15) is 19.2 Å². The lowest BCUT2D eigenvalue weighted by Crippen LogP contribution is -2.49. The third kappa shape index (κ3) is 3.08. The second kappa shape index (κ2) is 6.60. The van der Waals surface area contributed by atoms with Crippen molar-refractivity contribution in [2.75, 3.05) is 20.2 Å². The maximum absolute atomic E-state index is 12.4. The van der Waals surface area contributed by atoms with Crippen LogP contribution < -0.4 is 0 Å². The lowest BCUT2D eigenvalue weighted by molar-refractivity contribution is -0.149. The average Bonchev–Trinajstić information content (AvgIpc) is 2.78. The van der Waals surface area contributed by atoms with E-state index in [1.54, 1.807) is 31.2 Å². The predicted molar refractivity (Wildman–Crippen MR) is 80.7 cm³/mol. The number of hydrogen-bond acceptors (Lipinski definition) is 5. The van der Waals surface area contributed by atoms with Crippen LogP contribution in [-0.4, -0.2) is 59.7 Å². The molecular weight excluding hydrogens is 300 g/mol. The molecule has 1 aromatic carbocycles. The molecule has 1 atom stereocenters. The summed E-state index contributed by atoms with van der Waals surface area (Å²) in [7, 11) is 1.42. The fourth-order valence-corrected chi connectivity index (χ4v) is 2.47. The third-order valence-corrected chi connectivity index (χ3v) is 3.62. The maximum atomic E-state index is 12.4. The SMILES string of the molecule is CCOC(=O)CN(C)C(=O)C(C)N1C(=O)c2ccccc2C1=O. The van der Waals surface area contributed by atoms with Crippen molar-refractivity contribution in [3.05, 3.63) is 35.4 Å². The van der Waals surface area contributed by atoms with Gasteiger partial charge in [-0.25, -0.2) is 0 Å². The molecule has 7 heteroatoms. The van der Waals surface area contributed by atoms with Gasteiger partial charge in [-0.3, -0.25) is 24.1 Å². The number of amides is 3. The summed E-state index contributed by atoms with van der Waals surface area (Å²) >= 11 is 0. The molecule has 1 unspecified atom stereocenters. The number of carbonyl (C=O) groups is 4. The van der Waals surface area contributed by atoms with E-state index in [0.29, 0.717) is 0 Å². The monoisotopic (exact) mass is 318 g/mol. The van der Waals surface area contributed by atoms with Crippen molar-refractivity contribution in [1.29, 1.82) is 0 Å². The predicted octanol–water partition coefficient (Wildman–Crippen LogP) is 0.693. The summed E-state index contributed by atoms with van der Waals surface area (Å²) < 4.78 is 4.78. The molecule has 0 fully saturated rings. The number of rotatable bonds is 5. The van der Waals surface area contributed by atoms with Gasteiger partial charge in [0, 0.05) is 7.05 Å². The van der Waals surface area contributed by atoms with Crippen molar-refractivity contribution in [2.45, 2.75) is 19.9 Å². The highest BCUT2D eigenvalue weighted by molar-refractivity contribution is 6.22. The molecule has 0 N–H and O–H groups in total. The van der Waals surface area contributed by atoms with Crippen molar-refractivity contribution < 1.29 is 23.9 Å². The fraction of sp³-hybridized carbons (Fsp3) is 0.375. The molecule has 0 spiro atoms. The number of imide groups is 1. The van der Waals surface area contributed by atoms with Crippen LogP contribution in [0, 0.1) is 0 Å². The number of benzene rings is 1. The highest BCUT2D eigenvalue weighted by Crippen LogP contribution is 2.24. The average molecular weight is 318 g/mol. The van der Waals surface area contributed by atoms with Gasteiger partial charge >= 0.3 is 5.97 Å². The second-order valence-corrected chi connectivity index (χ2v) is 5.20. The zero-order valence-electron chi connectivity index (χ0n) is 13.2. The Balaban J connectivity index is 2.13. The molecule has 2 rings (SSSR count). The fourth-order valence-electron chi connectivity index (χ4n) is 2.47. The molecule has 1 heterocycles. The van der Waals surface area contributed by atoms with E-state index < -0.39 is 29.7 Å². The molecule has 0 saturated carbocycles. The molecule has 0 radical (unpaired) electrons. The van der Waals surface area contributed by atoms with Crippen molar-refractivity contribution in [2.24, 2.45) is 0 Å². The quantitative estimate of drug-likeness (QED) is 0.589. The summed E-state index contributed by atoms with van der Waals surface area (Å²) in [5.41, 5.74) is 0.565. The molecule has 1 aromatic rings. The Morgan fingerprint density at radius 1 is 1.17 bits per heavy atom. The second-order valence-electron chi connectivity index (χ2n) is 5.20. The number of nitrogens with zero attached hydrogens (tertiary/aromatic N) is 2. The van der Waals surface area contributed by atoms with Crippen LogP contribution in [0.2, 0.25) is 0 Å². The minimum absolute atomic E-state index is 0.217. The summed E-state index contributed by atoms with van der Waals surface area (Å²) in [5.74, 6) is -2.06. The van der Waals surface area contributed by atoms with Gasteiger partial charge in [0.1, 0.15) is 12.6 Å². The van der Waals surface area contributed by atoms with Crippen molar-refractivity contribution in [1.82, 2.24) is 9.80 Å². The Kier molecular flexibility index (Phi) is 4.78. The number of esters is 1. The number of likely N-dealkylation sites (N-methyl/N-ethyl adjacent to an activating group) is 1. The van der Waals surface area contributed by atoms with Crippen LogP contribution in [0.1, 0.15) is 34.6 Å². The van der Waals surface area contributed by atoms with Crippen LogP contribution in [0.5, 0.6) is 0 Å². The van der Waals surface area contributed by atoms with Gasteiger partial charge in [0.05, 0.1) is 17.7 Å². The molecule has 1 aliphatic rings. The van der Waals surface area contributed by atoms with Crippen LogP contribution in [0.15, 0.2) is 24.3 Å². The van der Waals surface area contributed by atoms with E-state index in [-0.39, 0.29) is 24.3 Å². The lowest BCUT2D eigenvalue weighted by atomic mass is 10.1. The van der Waals surface area contributed by atoms with Crippen LogP contribution in [0.3, 0.4) is 0 Å². The molecule has 0 aliphatic carbocycles. The summed E-state index contributed by atoms with van der Waals surface area (Å²) in [6.07, 6.45) is 0. The Bertz CT molecular complexity index is 635. The smallest absolute Gasteiger partial charge is 0.325 e. The Hall–Kier alpha value is -2.70. The first-order valence-corrected chi connectivity index (χ1v) is 7.26. The van der Waals surface area contributed by atoms with Gasteiger partial charge in [0.15, 0.2) is 0 Å². The topological polar surface area (TPSA) is 84.0 Å². The first kappa shape index (κ1) is 16.7. The Morgan fingerprint density at radius 3 is 2.17 bits per heavy atom. The van der Waals surface area contributed by atoms with Crippen LogP contribution in [0.4, 0.5) is 0 Å². The summed E-state index contributed by atoms with van der Waals surface area (Å²) in [6.45, 7) is 3.11. The summed E-state index contributed by atoms with van der Waals surface area (Å²) in [5, 5.41) is 0. The zero-order chi connectivity index (χ0) is 17.1. The van der Waals surface area contributed by atoms with E-state index in [2.05, 4.69) is 0 Å². The van der Waals surface area contributed by atoms with E-state index >= 15 is 0 Å². The normalized spacial score (nSPS) is 14.5. The molecular formula is C16H18N2O5. The van der Waals surface area contributed by atoms with Gasteiger partial charge in [-0.1, -0.05) is 12.1 Å². The van der Waals surface area contributed by atoms with Crippen LogP contribution >= 0.6 is 0 Å². The van der Waals surface area contributed by atoms with Gasteiger partial charge in [0.2, 0.25) is 5.91 Å². The van der Waals surface area contributed by atoms with Gasteiger partial charge in [-0.15, -0.1) is 0 Å².